The Bertz CT molecular complexity index is 1010. The van der Waals surface area contributed by atoms with Crippen LogP contribution in [0.5, 0.6) is 0 Å². The van der Waals surface area contributed by atoms with E-state index in [1.807, 2.05) is 5.43 Å². The summed E-state index contributed by atoms with van der Waals surface area (Å²) >= 11 is 0. The molecule has 0 saturated carbocycles. The summed E-state index contributed by atoms with van der Waals surface area (Å²) in [6.45, 7) is 5.33. The normalized spacial score (nSPS) is 11.6. The Labute approximate surface area is 165 Å². The molecule has 0 aliphatic heterocycles. The number of sulfonamides is 1. The Morgan fingerprint density at radius 3 is 2.07 bits per heavy atom. The largest absolute Gasteiger partial charge is 0.293 e. The van der Waals surface area contributed by atoms with Gasteiger partial charge in [0, 0.05) is 24.7 Å². The molecule has 0 atom stereocenters. The summed E-state index contributed by atoms with van der Waals surface area (Å²) in [7, 11) is -3.87. The third kappa shape index (κ3) is 4.51. The summed E-state index contributed by atoms with van der Waals surface area (Å²) in [6.07, 6.45) is 0. The minimum atomic E-state index is -3.87. The van der Waals surface area contributed by atoms with E-state index < -0.39 is 44.9 Å². The number of nitrogens with one attached hydrogen (secondary N) is 2. The average Bonchev–Trinajstić information content (AvgIpc) is 2.67. The van der Waals surface area contributed by atoms with Gasteiger partial charge in [-0.2, -0.15) is 4.31 Å². The van der Waals surface area contributed by atoms with Gasteiger partial charge in [0.1, 0.15) is 5.69 Å². The van der Waals surface area contributed by atoms with Gasteiger partial charge in [-0.15, -0.1) is 0 Å². The first kappa shape index (κ1) is 22.6. The van der Waals surface area contributed by atoms with Crippen LogP contribution in [0.15, 0.2) is 29.2 Å². The van der Waals surface area contributed by atoms with Crippen LogP contribution in [-0.4, -0.2) is 31.7 Å². The lowest BCUT2D eigenvalue weighted by atomic mass is 10.1. The summed E-state index contributed by atoms with van der Waals surface area (Å²) in [5.41, 5.74) is 2.71. The molecule has 0 aliphatic carbocycles. The summed E-state index contributed by atoms with van der Waals surface area (Å²) in [4.78, 5) is 12.2. The molecule has 158 valence electrons. The van der Waals surface area contributed by atoms with Gasteiger partial charge >= 0.3 is 0 Å². The lowest BCUT2D eigenvalue weighted by Crippen LogP contribution is -2.32. The van der Waals surface area contributed by atoms with Crippen LogP contribution in [0, 0.1) is 30.2 Å². The first-order chi connectivity index (χ1) is 13.5. The monoisotopic (exact) mass is 433 g/mol. The Kier molecular flexibility index (Phi) is 6.85. The van der Waals surface area contributed by atoms with Crippen molar-refractivity contribution < 1.29 is 30.8 Å². The highest BCUT2D eigenvalue weighted by Crippen LogP contribution is 2.24. The minimum absolute atomic E-state index is 0.0298. The number of carbonyl (C=O) groups is 1. The first-order valence-corrected chi connectivity index (χ1v) is 9.98. The number of rotatable bonds is 7. The van der Waals surface area contributed by atoms with Crippen molar-refractivity contribution in [3.8, 4) is 0 Å². The van der Waals surface area contributed by atoms with Gasteiger partial charge in [-0.05, 0) is 24.6 Å². The van der Waals surface area contributed by atoms with Crippen molar-refractivity contribution in [1.29, 1.82) is 0 Å². The van der Waals surface area contributed by atoms with Crippen LogP contribution in [0.2, 0.25) is 0 Å². The molecular formula is C18H19F4N3O3S. The van der Waals surface area contributed by atoms with E-state index in [0.29, 0.717) is 5.56 Å². The predicted octanol–water partition coefficient (Wildman–Crippen LogP) is 3.34. The van der Waals surface area contributed by atoms with E-state index in [1.54, 1.807) is 26.2 Å². The van der Waals surface area contributed by atoms with Gasteiger partial charge in [-0.3, -0.25) is 15.6 Å². The standard InChI is InChI=1S/C18H19F4N3O3S/c1-4-25(5-2)29(27,28)14-8-11(7-6-10(14)3)18(26)24-23-17-15(21)12(19)9-13(20)16(17)22/h6-9,23H,4-5H2,1-3H3,(H,24,26). The minimum Gasteiger partial charge on any atom is -0.293 e. The number of carbonyl (C=O) groups excluding carboxylic acids is 1. The number of amides is 1. The number of hydrogen-bond acceptors (Lipinski definition) is 4. The quantitative estimate of drug-likeness (QED) is 0.399. The Balaban J connectivity index is 2.32. The molecule has 0 fully saturated rings. The molecule has 6 nitrogen and oxygen atoms in total. The van der Waals surface area contributed by atoms with Crippen molar-refractivity contribution in [2.24, 2.45) is 0 Å². The van der Waals surface area contributed by atoms with Crippen molar-refractivity contribution in [2.45, 2.75) is 25.7 Å². The molecule has 11 heteroatoms. The summed E-state index contributed by atoms with van der Waals surface area (Å²) in [6, 6.07) is 3.83. The second-order valence-electron chi connectivity index (χ2n) is 5.99. The van der Waals surface area contributed by atoms with Gasteiger partial charge in [0.15, 0.2) is 23.3 Å². The third-order valence-electron chi connectivity index (χ3n) is 4.19. The third-order valence-corrected chi connectivity index (χ3v) is 6.38. The van der Waals surface area contributed by atoms with Crippen LogP contribution in [0.1, 0.15) is 29.8 Å². The Morgan fingerprint density at radius 1 is 1.00 bits per heavy atom. The Morgan fingerprint density at radius 2 is 1.55 bits per heavy atom. The van der Waals surface area contributed by atoms with Crippen molar-refractivity contribution in [3.63, 3.8) is 0 Å². The van der Waals surface area contributed by atoms with Crippen molar-refractivity contribution in [3.05, 3.63) is 58.7 Å². The lowest BCUT2D eigenvalue weighted by molar-refractivity contribution is 0.0962. The lowest BCUT2D eigenvalue weighted by Gasteiger charge is -2.20. The van der Waals surface area contributed by atoms with E-state index in [-0.39, 0.29) is 29.6 Å². The first-order valence-electron chi connectivity index (χ1n) is 8.54. The van der Waals surface area contributed by atoms with Gasteiger partial charge < -0.3 is 0 Å². The highest BCUT2D eigenvalue weighted by Gasteiger charge is 2.25. The molecule has 0 unspecified atom stereocenters. The molecule has 2 N–H and O–H groups in total. The molecule has 1 amide bonds. The van der Waals surface area contributed by atoms with Gasteiger partial charge in [-0.25, -0.2) is 26.0 Å². The topological polar surface area (TPSA) is 78.5 Å². The number of aryl methyl sites for hydroxylation is 1. The number of anilines is 1. The smallest absolute Gasteiger partial charge is 0.269 e. The summed E-state index contributed by atoms with van der Waals surface area (Å²) < 4.78 is 80.4. The Hall–Kier alpha value is -2.66. The van der Waals surface area contributed by atoms with Gasteiger partial charge in [0.25, 0.3) is 5.91 Å². The molecule has 0 heterocycles. The number of hydrogen-bond donors (Lipinski definition) is 2. The highest BCUT2D eigenvalue weighted by molar-refractivity contribution is 7.89. The van der Waals surface area contributed by atoms with Crippen LogP contribution >= 0.6 is 0 Å². The van der Waals surface area contributed by atoms with Crippen LogP contribution in [-0.2, 0) is 10.0 Å². The molecule has 2 aromatic carbocycles. The molecule has 0 saturated heterocycles. The molecule has 0 radical (unpaired) electrons. The van der Waals surface area contributed by atoms with Gasteiger partial charge in [0.05, 0.1) is 4.90 Å². The van der Waals surface area contributed by atoms with Crippen LogP contribution in [0.3, 0.4) is 0 Å². The molecule has 0 bridgehead atoms. The van der Waals surface area contributed by atoms with Crippen molar-refractivity contribution >= 4 is 21.6 Å². The van der Waals surface area contributed by atoms with E-state index in [1.165, 1.54) is 16.4 Å². The molecule has 0 spiro atoms. The predicted molar refractivity (Wildman–Crippen MR) is 98.6 cm³/mol. The number of nitrogens with zero attached hydrogens (tertiary/aromatic N) is 1. The zero-order chi connectivity index (χ0) is 21.9. The molecule has 2 rings (SSSR count). The fraction of sp³-hybridized carbons (Fsp3) is 0.278. The number of halogens is 4. The van der Waals surface area contributed by atoms with Gasteiger partial charge in [-0.1, -0.05) is 19.9 Å². The zero-order valence-electron chi connectivity index (χ0n) is 15.8. The van der Waals surface area contributed by atoms with E-state index in [4.69, 9.17) is 0 Å². The van der Waals surface area contributed by atoms with Crippen LogP contribution < -0.4 is 10.9 Å². The van der Waals surface area contributed by atoms with E-state index in [9.17, 15) is 30.8 Å². The average molecular weight is 433 g/mol. The van der Waals surface area contributed by atoms with Crippen molar-refractivity contribution in [2.75, 3.05) is 18.5 Å². The maximum Gasteiger partial charge on any atom is 0.269 e. The number of benzene rings is 2. The fourth-order valence-electron chi connectivity index (χ4n) is 2.60. The second kappa shape index (κ2) is 8.78. The highest BCUT2D eigenvalue weighted by atomic mass is 32.2. The molecule has 2 aromatic rings. The molecular weight excluding hydrogens is 414 g/mol. The summed E-state index contributed by atoms with van der Waals surface area (Å²) in [5, 5.41) is 0. The fourth-order valence-corrected chi connectivity index (χ4v) is 4.31. The summed E-state index contributed by atoms with van der Waals surface area (Å²) in [5.74, 6) is -7.72. The second-order valence-corrected chi connectivity index (χ2v) is 7.90. The maximum absolute atomic E-state index is 13.7. The van der Waals surface area contributed by atoms with Crippen LogP contribution in [0.25, 0.3) is 0 Å². The molecule has 0 aromatic heterocycles. The zero-order valence-corrected chi connectivity index (χ0v) is 16.6. The van der Waals surface area contributed by atoms with Crippen LogP contribution in [0.4, 0.5) is 23.2 Å². The van der Waals surface area contributed by atoms with Crippen molar-refractivity contribution in [1.82, 2.24) is 9.73 Å². The molecule has 0 aliphatic rings. The maximum atomic E-state index is 13.7. The van der Waals surface area contributed by atoms with E-state index in [2.05, 4.69) is 0 Å². The van der Waals surface area contributed by atoms with E-state index >= 15 is 0 Å². The SMILES string of the molecule is CCN(CC)S(=O)(=O)c1cc(C(=O)NNc2c(F)c(F)cc(F)c2F)ccc1C. The number of hydrazine groups is 1. The van der Waals surface area contributed by atoms with Gasteiger partial charge in [0.2, 0.25) is 10.0 Å². The molecule has 29 heavy (non-hydrogen) atoms. The van der Waals surface area contributed by atoms with E-state index in [0.717, 1.165) is 6.07 Å².